The molecule has 86 valence electrons. The van der Waals surface area contributed by atoms with Gasteiger partial charge in [-0.05, 0) is 17.7 Å². The predicted molar refractivity (Wildman–Crippen MR) is 67.9 cm³/mol. The summed E-state index contributed by atoms with van der Waals surface area (Å²) in [4.78, 5) is 10.5. The molecule has 0 spiro atoms. The van der Waals surface area contributed by atoms with E-state index in [1.165, 1.54) is 0 Å². The average molecular weight is 228 g/mol. The van der Waals surface area contributed by atoms with Crippen LogP contribution in [0, 0.1) is 0 Å². The second kappa shape index (κ2) is 4.57. The van der Waals surface area contributed by atoms with Crippen molar-refractivity contribution in [2.45, 2.75) is 0 Å². The molecule has 4 nitrogen and oxygen atoms in total. The van der Waals surface area contributed by atoms with Crippen molar-refractivity contribution >= 4 is 17.5 Å². The largest absolute Gasteiger partial charge is 0.465 e. The van der Waals surface area contributed by atoms with Crippen LogP contribution in [0.1, 0.15) is 0 Å². The molecule has 0 saturated heterocycles. The Labute approximate surface area is 98.7 Å². The van der Waals surface area contributed by atoms with Gasteiger partial charge in [0.2, 0.25) is 0 Å². The highest BCUT2D eigenvalue weighted by atomic mass is 16.4. The van der Waals surface area contributed by atoms with Crippen LogP contribution < -0.4 is 11.1 Å². The zero-order valence-corrected chi connectivity index (χ0v) is 9.05. The lowest BCUT2D eigenvalue weighted by Crippen LogP contribution is -2.07. The van der Waals surface area contributed by atoms with E-state index < -0.39 is 6.09 Å². The molecule has 0 radical (unpaired) electrons. The lowest BCUT2D eigenvalue weighted by molar-refractivity contribution is 0.210. The van der Waals surface area contributed by atoms with Crippen LogP contribution in [-0.2, 0) is 0 Å². The van der Waals surface area contributed by atoms with Crippen molar-refractivity contribution in [2.75, 3.05) is 11.1 Å². The van der Waals surface area contributed by atoms with Crippen LogP contribution in [0.2, 0.25) is 0 Å². The molecular formula is C13H12N2O2. The number of anilines is 2. The van der Waals surface area contributed by atoms with Gasteiger partial charge >= 0.3 is 6.09 Å². The molecule has 0 heterocycles. The topological polar surface area (TPSA) is 75.3 Å². The summed E-state index contributed by atoms with van der Waals surface area (Å²) in [5.41, 5.74) is 8.80. The van der Waals surface area contributed by atoms with Crippen molar-refractivity contribution in [2.24, 2.45) is 0 Å². The fourth-order valence-corrected chi connectivity index (χ4v) is 1.64. The molecule has 2 aromatic rings. The number of benzene rings is 2. The molecule has 0 aliphatic carbocycles. The van der Waals surface area contributed by atoms with Crippen molar-refractivity contribution in [1.29, 1.82) is 0 Å². The van der Waals surface area contributed by atoms with Crippen LogP contribution in [0.3, 0.4) is 0 Å². The van der Waals surface area contributed by atoms with Gasteiger partial charge in [-0.1, -0.05) is 36.4 Å². The SMILES string of the molecule is Nc1cc(NC(=O)O)ccc1-c1ccccc1. The van der Waals surface area contributed by atoms with Gasteiger partial charge in [0.1, 0.15) is 0 Å². The molecule has 0 aliphatic rings. The molecule has 4 heteroatoms. The molecule has 0 bridgehead atoms. The van der Waals surface area contributed by atoms with Crippen LogP contribution in [0.25, 0.3) is 11.1 Å². The van der Waals surface area contributed by atoms with Gasteiger partial charge < -0.3 is 10.8 Å². The van der Waals surface area contributed by atoms with E-state index in [9.17, 15) is 4.79 Å². The Morgan fingerprint density at radius 1 is 1.12 bits per heavy atom. The molecule has 1 amide bonds. The molecule has 0 fully saturated rings. The monoisotopic (exact) mass is 228 g/mol. The van der Waals surface area contributed by atoms with Crippen LogP contribution in [0.5, 0.6) is 0 Å². The van der Waals surface area contributed by atoms with E-state index >= 15 is 0 Å². The van der Waals surface area contributed by atoms with Gasteiger partial charge in [-0.15, -0.1) is 0 Å². The smallest absolute Gasteiger partial charge is 0.409 e. The first-order valence-corrected chi connectivity index (χ1v) is 5.12. The number of nitrogens with one attached hydrogen (secondary N) is 1. The minimum Gasteiger partial charge on any atom is -0.465 e. The molecule has 4 N–H and O–H groups in total. The molecule has 2 aromatic carbocycles. The van der Waals surface area contributed by atoms with Gasteiger partial charge in [0.05, 0.1) is 0 Å². The summed E-state index contributed by atoms with van der Waals surface area (Å²) in [5.74, 6) is 0. The van der Waals surface area contributed by atoms with Crippen LogP contribution in [0.15, 0.2) is 48.5 Å². The molecular weight excluding hydrogens is 216 g/mol. The van der Waals surface area contributed by atoms with Crippen molar-refractivity contribution in [3.8, 4) is 11.1 Å². The quantitative estimate of drug-likeness (QED) is 0.691. The number of hydrogen-bond donors (Lipinski definition) is 3. The predicted octanol–water partition coefficient (Wildman–Crippen LogP) is 3.03. The van der Waals surface area contributed by atoms with Crippen molar-refractivity contribution in [3.63, 3.8) is 0 Å². The zero-order chi connectivity index (χ0) is 12.3. The van der Waals surface area contributed by atoms with E-state index in [-0.39, 0.29) is 0 Å². The highest BCUT2D eigenvalue weighted by Crippen LogP contribution is 2.28. The fraction of sp³-hybridized carbons (Fsp3) is 0. The summed E-state index contributed by atoms with van der Waals surface area (Å²) in [6.45, 7) is 0. The number of rotatable bonds is 2. The molecule has 0 aliphatic heterocycles. The highest BCUT2D eigenvalue weighted by Gasteiger charge is 2.04. The maximum atomic E-state index is 10.5. The molecule has 0 aromatic heterocycles. The minimum atomic E-state index is -1.10. The van der Waals surface area contributed by atoms with Crippen LogP contribution >= 0.6 is 0 Å². The van der Waals surface area contributed by atoms with Gasteiger partial charge in [-0.2, -0.15) is 0 Å². The third-order valence-corrected chi connectivity index (χ3v) is 2.39. The Kier molecular flexibility index (Phi) is 2.96. The van der Waals surface area contributed by atoms with Gasteiger partial charge in [0, 0.05) is 16.9 Å². The third kappa shape index (κ3) is 2.55. The third-order valence-electron chi connectivity index (χ3n) is 2.39. The maximum Gasteiger partial charge on any atom is 0.409 e. The van der Waals surface area contributed by atoms with Gasteiger partial charge in [0.25, 0.3) is 0 Å². The summed E-state index contributed by atoms with van der Waals surface area (Å²) in [6, 6.07) is 14.8. The second-order valence-electron chi connectivity index (χ2n) is 3.60. The van der Waals surface area contributed by atoms with Gasteiger partial charge in [-0.3, -0.25) is 5.32 Å². The molecule has 2 rings (SSSR count). The van der Waals surface area contributed by atoms with E-state index in [0.29, 0.717) is 11.4 Å². The first kappa shape index (κ1) is 11.0. The molecule has 0 saturated carbocycles. The first-order valence-electron chi connectivity index (χ1n) is 5.12. The lowest BCUT2D eigenvalue weighted by atomic mass is 10.0. The van der Waals surface area contributed by atoms with E-state index in [2.05, 4.69) is 5.32 Å². The number of nitrogens with two attached hydrogens (primary N) is 1. The van der Waals surface area contributed by atoms with E-state index in [1.54, 1.807) is 18.2 Å². The summed E-state index contributed by atoms with van der Waals surface area (Å²) in [5, 5.41) is 10.9. The zero-order valence-electron chi connectivity index (χ0n) is 9.05. The number of hydrogen-bond acceptors (Lipinski definition) is 2. The van der Waals surface area contributed by atoms with E-state index in [0.717, 1.165) is 11.1 Å². The second-order valence-corrected chi connectivity index (χ2v) is 3.60. The Hall–Kier alpha value is -2.49. The maximum absolute atomic E-state index is 10.5. The van der Waals surface area contributed by atoms with Gasteiger partial charge in [0.15, 0.2) is 0 Å². The Balaban J connectivity index is 2.35. The molecule has 17 heavy (non-hydrogen) atoms. The first-order chi connectivity index (χ1) is 8.16. The summed E-state index contributed by atoms with van der Waals surface area (Å²) in [7, 11) is 0. The standard InChI is InChI=1S/C13H12N2O2/c14-12-8-10(15-13(16)17)6-7-11(12)9-4-2-1-3-5-9/h1-8,15H,14H2,(H,16,17). The van der Waals surface area contributed by atoms with E-state index in [4.69, 9.17) is 10.8 Å². The average Bonchev–Trinajstić information content (AvgIpc) is 2.29. The van der Waals surface area contributed by atoms with Crippen molar-refractivity contribution in [3.05, 3.63) is 48.5 Å². The number of amides is 1. The molecule has 0 atom stereocenters. The van der Waals surface area contributed by atoms with Crippen LogP contribution in [-0.4, -0.2) is 11.2 Å². The lowest BCUT2D eigenvalue weighted by Gasteiger charge is -2.08. The van der Waals surface area contributed by atoms with Crippen molar-refractivity contribution in [1.82, 2.24) is 0 Å². The summed E-state index contributed by atoms with van der Waals surface area (Å²) >= 11 is 0. The fourth-order valence-electron chi connectivity index (χ4n) is 1.64. The minimum absolute atomic E-state index is 0.467. The van der Waals surface area contributed by atoms with Crippen molar-refractivity contribution < 1.29 is 9.90 Å². The summed E-state index contributed by atoms with van der Waals surface area (Å²) < 4.78 is 0. The number of carboxylic acid groups (broad SMARTS) is 1. The van der Waals surface area contributed by atoms with Gasteiger partial charge in [-0.25, -0.2) is 4.79 Å². The number of carbonyl (C=O) groups is 1. The normalized spacial score (nSPS) is 9.88. The summed E-state index contributed by atoms with van der Waals surface area (Å²) in [6.07, 6.45) is -1.10. The highest BCUT2D eigenvalue weighted by molar-refractivity contribution is 5.86. The Morgan fingerprint density at radius 3 is 2.41 bits per heavy atom. The van der Waals surface area contributed by atoms with Crippen LogP contribution in [0.4, 0.5) is 16.2 Å². The Bertz CT molecular complexity index is 538. The van der Waals surface area contributed by atoms with E-state index in [1.807, 2.05) is 30.3 Å². The number of nitrogen functional groups attached to an aromatic ring is 1. The Morgan fingerprint density at radius 2 is 1.82 bits per heavy atom. The molecule has 0 unspecified atom stereocenters.